The second-order valence-corrected chi connectivity index (χ2v) is 8.31. The molecule has 2 heterocycles. The van der Waals surface area contributed by atoms with Gasteiger partial charge in [-0.1, -0.05) is 6.07 Å². The zero-order valence-corrected chi connectivity index (χ0v) is 20.4. The van der Waals surface area contributed by atoms with Gasteiger partial charge in [-0.2, -0.15) is 4.98 Å². The van der Waals surface area contributed by atoms with Crippen LogP contribution in [0.4, 0.5) is 4.39 Å². The van der Waals surface area contributed by atoms with Crippen LogP contribution in [0.25, 0.3) is 33.5 Å². The Morgan fingerprint density at radius 1 is 0.892 bits per heavy atom. The van der Waals surface area contributed by atoms with Crippen LogP contribution in [0.2, 0.25) is 0 Å². The van der Waals surface area contributed by atoms with Crippen LogP contribution in [0.3, 0.4) is 0 Å². The lowest BCUT2D eigenvalue weighted by molar-refractivity contribution is 0.354. The highest BCUT2D eigenvalue weighted by molar-refractivity contribution is 5.89. The fourth-order valence-corrected chi connectivity index (χ4v) is 4.25. The van der Waals surface area contributed by atoms with E-state index < -0.39 is 16.8 Å². The summed E-state index contributed by atoms with van der Waals surface area (Å²) < 4.78 is 36.9. The standard InChI is InChI=1S/C28H23FN2O6/c1-34-19-9-10-20-22(15-19)37-27-24(25(20)32)28(33)31(26(30-27)17-5-7-18(29)8-6-17)13-12-16-4-11-21(35-2)23(14-16)36-3/h4-11,14-15H,12-13H2,1-3H3. The van der Waals surface area contributed by atoms with Crippen molar-refractivity contribution < 1.29 is 23.0 Å². The van der Waals surface area contributed by atoms with Crippen LogP contribution in [0, 0.1) is 5.82 Å². The number of fused-ring (bicyclic) bond motifs is 2. The van der Waals surface area contributed by atoms with E-state index in [2.05, 4.69) is 4.98 Å². The number of benzene rings is 3. The van der Waals surface area contributed by atoms with Crippen LogP contribution in [0.15, 0.2) is 74.7 Å². The molecule has 0 bridgehead atoms. The van der Waals surface area contributed by atoms with E-state index in [1.54, 1.807) is 38.5 Å². The van der Waals surface area contributed by atoms with Crippen molar-refractivity contribution in [2.45, 2.75) is 13.0 Å². The Labute approximate surface area is 210 Å². The Morgan fingerprint density at radius 2 is 1.65 bits per heavy atom. The molecule has 0 atom stereocenters. The summed E-state index contributed by atoms with van der Waals surface area (Å²) in [5.41, 5.74) is 0.501. The molecule has 2 aromatic heterocycles. The molecule has 0 aliphatic rings. The van der Waals surface area contributed by atoms with Gasteiger partial charge in [0.25, 0.3) is 5.56 Å². The van der Waals surface area contributed by atoms with E-state index >= 15 is 0 Å². The van der Waals surface area contributed by atoms with Gasteiger partial charge in [0.05, 0.1) is 26.7 Å². The number of halogens is 1. The molecule has 0 amide bonds. The second kappa shape index (κ2) is 9.77. The molecule has 188 valence electrons. The molecule has 0 spiro atoms. The van der Waals surface area contributed by atoms with Crippen LogP contribution in [-0.4, -0.2) is 30.9 Å². The number of hydrogen-bond acceptors (Lipinski definition) is 7. The van der Waals surface area contributed by atoms with Crippen molar-refractivity contribution >= 4 is 22.1 Å². The molecule has 0 aliphatic heterocycles. The lowest BCUT2D eigenvalue weighted by Crippen LogP contribution is -2.28. The van der Waals surface area contributed by atoms with Crippen molar-refractivity contribution in [3.63, 3.8) is 0 Å². The van der Waals surface area contributed by atoms with Gasteiger partial charge >= 0.3 is 0 Å². The van der Waals surface area contributed by atoms with Crippen LogP contribution in [-0.2, 0) is 13.0 Å². The van der Waals surface area contributed by atoms with E-state index in [0.717, 1.165) is 5.56 Å². The fourth-order valence-electron chi connectivity index (χ4n) is 4.25. The third-order valence-electron chi connectivity index (χ3n) is 6.18. The van der Waals surface area contributed by atoms with Gasteiger partial charge in [0.15, 0.2) is 16.9 Å². The first-order valence-corrected chi connectivity index (χ1v) is 11.5. The third kappa shape index (κ3) is 4.40. The van der Waals surface area contributed by atoms with Crippen molar-refractivity contribution in [2.24, 2.45) is 0 Å². The van der Waals surface area contributed by atoms with Gasteiger partial charge in [-0.25, -0.2) is 4.39 Å². The topological polar surface area (TPSA) is 92.8 Å². The average Bonchev–Trinajstić information content (AvgIpc) is 2.92. The van der Waals surface area contributed by atoms with Crippen molar-refractivity contribution in [1.82, 2.24) is 9.55 Å². The second-order valence-electron chi connectivity index (χ2n) is 8.31. The lowest BCUT2D eigenvalue weighted by Gasteiger charge is -2.14. The van der Waals surface area contributed by atoms with E-state index in [-0.39, 0.29) is 34.4 Å². The summed E-state index contributed by atoms with van der Waals surface area (Å²) in [5, 5.41) is 0.0870. The summed E-state index contributed by atoms with van der Waals surface area (Å²) in [5.74, 6) is 1.47. The Balaban J connectivity index is 1.69. The zero-order valence-electron chi connectivity index (χ0n) is 20.4. The molecule has 0 fully saturated rings. The highest BCUT2D eigenvalue weighted by atomic mass is 19.1. The lowest BCUT2D eigenvalue weighted by atomic mass is 10.1. The van der Waals surface area contributed by atoms with Crippen molar-refractivity contribution in [1.29, 1.82) is 0 Å². The number of nitrogens with zero attached hydrogens (tertiary/aromatic N) is 2. The molecular formula is C28H23FN2O6. The largest absolute Gasteiger partial charge is 0.497 e. The molecule has 9 heteroatoms. The van der Waals surface area contributed by atoms with E-state index in [4.69, 9.17) is 18.6 Å². The Hall–Kier alpha value is -4.66. The van der Waals surface area contributed by atoms with E-state index in [0.29, 0.717) is 29.2 Å². The fraction of sp³-hybridized carbons (Fsp3) is 0.179. The van der Waals surface area contributed by atoms with Gasteiger partial charge in [0.2, 0.25) is 11.1 Å². The molecule has 37 heavy (non-hydrogen) atoms. The van der Waals surface area contributed by atoms with Crippen molar-refractivity contribution in [2.75, 3.05) is 21.3 Å². The molecule has 5 aromatic rings. The number of ether oxygens (including phenoxy) is 3. The van der Waals surface area contributed by atoms with Crippen LogP contribution >= 0.6 is 0 Å². The molecule has 0 radical (unpaired) electrons. The van der Waals surface area contributed by atoms with Crippen LogP contribution in [0.1, 0.15) is 5.56 Å². The number of aryl methyl sites for hydroxylation is 1. The van der Waals surface area contributed by atoms with E-state index in [1.165, 1.54) is 35.9 Å². The highest BCUT2D eigenvalue weighted by Crippen LogP contribution is 2.28. The molecule has 8 nitrogen and oxygen atoms in total. The van der Waals surface area contributed by atoms with Gasteiger partial charge in [-0.3, -0.25) is 14.2 Å². The predicted molar refractivity (Wildman–Crippen MR) is 137 cm³/mol. The smallest absolute Gasteiger partial charge is 0.269 e. The maximum absolute atomic E-state index is 13.7. The first-order chi connectivity index (χ1) is 17.9. The Bertz CT molecular complexity index is 1740. The summed E-state index contributed by atoms with van der Waals surface area (Å²) in [6.45, 7) is 0.198. The first-order valence-electron chi connectivity index (χ1n) is 11.5. The minimum absolute atomic E-state index is 0.0996. The van der Waals surface area contributed by atoms with Gasteiger partial charge < -0.3 is 18.6 Å². The normalized spacial score (nSPS) is 11.1. The van der Waals surface area contributed by atoms with Crippen LogP contribution < -0.4 is 25.2 Å². The van der Waals surface area contributed by atoms with Gasteiger partial charge in [0.1, 0.15) is 23.0 Å². The minimum atomic E-state index is -0.545. The molecule has 0 N–H and O–H groups in total. The minimum Gasteiger partial charge on any atom is -0.497 e. The van der Waals surface area contributed by atoms with Crippen molar-refractivity contribution in [3.05, 3.63) is 92.6 Å². The molecule has 0 saturated carbocycles. The summed E-state index contributed by atoms with van der Waals surface area (Å²) in [7, 11) is 4.60. The highest BCUT2D eigenvalue weighted by Gasteiger charge is 2.19. The average molecular weight is 502 g/mol. The number of hydrogen-bond donors (Lipinski definition) is 0. The molecular weight excluding hydrogens is 479 g/mol. The summed E-state index contributed by atoms with van der Waals surface area (Å²) >= 11 is 0. The van der Waals surface area contributed by atoms with Gasteiger partial charge in [-0.15, -0.1) is 0 Å². The summed E-state index contributed by atoms with van der Waals surface area (Å²) in [4.78, 5) is 31.7. The SMILES string of the molecule is COc1ccc2c(=O)c3c(=O)n(CCc4ccc(OC)c(OC)c4)c(-c4ccc(F)cc4)nc3oc2c1. The maximum atomic E-state index is 13.7. The molecule has 0 aliphatic carbocycles. The quantitative estimate of drug-likeness (QED) is 0.301. The Morgan fingerprint density at radius 3 is 2.35 bits per heavy atom. The monoisotopic (exact) mass is 502 g/mol. The molecule has 3 aromatic carbocycles. The molecule has 0 saturated heterocycles. The predicted octanol–water partition coefficient (Wildman–Crippen LogP) is 4.58. The third-order valence-corrected chi connectivity index (χ3v) is 6.18. The number of rotatable bonds is 7. The van der Waals surface area contributed by atoms with E-state index in [9.17, 15) is 14.0 Å². The summed E-state index contributed by atoms with van der Waals surface area (Å²) in [6.07, 6.45) is 0.428. The first kappa shape index (κ1) is 24.1. The molecule has 5 rings (SSSR count). The van der Waals surface area contributed by atoms with Gasteiger partial charge in [0, 0.05) is 18.2 Å². The van der Waals surface area contributed by atoms with Gasteiger partial charge in [-0.05, 0) is 60.5 Å². The summed E-state index contributed by atoms with van der Waals surface area (Å²) in [6, 6.07) is 15.8. The number of methoxy groups -OCH3 is 3. The van der Waals surface area contributed by atoms with Crippen molar-refractivity contribution in [3.8, 4) is 28.6 Å². The number of aromatic nitrogens is 2. The van der Waals surface area contributed by atoms with E-state index in [1.807, 2.05) is 12.1 Å². The Kier molecular flexibility index (Phi) is 6.35. The van der Waals surface area contributed by atoms with Crippen LogP contribution in [0.5, 0.6) is 17.2 Å². The zero-order chi connectivity index (χ0) is 26.1. The maximum Gasteiger partial charge on any atom is 0.269 e. The molecule has 0 unspecified atom stereocenters.